The number of hydrogen-bond acceptors (Lipinski definition) is 6. The third kappa shape index (κ3) is 7.65. The Labute approximate surface area is 217 Å². The van der Waals surface area contributed by atoms with Crippen LogP contribution in [0.4, 0.5) is 5.69 Å². The summed E-state index contributed by atoms with van der Waals surface area (Å²) in [6.45, 7) is 5.56. The van der Waals surface area contributed by atoms with E-state index >= 15 is 0 Å². The van der Waals surface area contributed by atoms with Gasteiger partial charge in [0.05, 0.1) is 16.8 Å². The summed E-state index contributed by atoms with van der Waals surface area (Å²) >= 11 is 0. The summed E-state index contributed by atoms with van der Waals surface area (Å²) in [5.74, 6) is -0.103. The molecular weight excluding hydrogens is 492 g/mol. The molecule has 0 aliphatic carbocycles. The van der Waals surface area contributed by atoms with Crippen LogP contribution in [0.15, 0.2) is 82.8 Å². The van der Waals surface area contributed by atoms with E-state index in [4.69, 9.17) is 4.74 Å². The van der Waals surface area contributed by atoms with Gasteiger partial charge in [-0.15, -0.1) is 0 Å². The lowest BCUT2D eigenvalue weighted by atomic mass is 10.2. The summed E-state index contributed by atoms with van der Waals surface area (Å²) in [4.78, 5) is 24.3. The molecule has 0 unspecified atom stereocenters. The van der Waals surface area contributed by atoms with Crippen LogP contribution in [0.25, 0.3) is 0 Å². The molecule has 0 aliphatic rings. The Hall–Kier alpha value is -4.18. The molecule has 3 aromatic carbocycles. The second-order valence-electron chi connectivity index (χ2n) is 8.61. The van der Waals surface area contributed by atoms with Crippen LogP contribution in [-0.4, -0.2) is 46.1 Å². The van der Waals surface area contributed by atoms with E-state index in [0.29, 0.717) is 17.0 Å². The number of ether oxygens (including phenoxy) is 1. The molecule has 0 radical (unpaired) electrons. The lowest BCUT2D eigenvalue weighted by Gasteiger charge is -2.19. The Morgan fingerprint density at radius 1 is 0.973 bits per heavy atom. The van der Waals surface area contributed by atoms with Gasteiger partial charge >= 0.3 is 0 Å². The fourth-order valence-electron chi connectivity index (χ4n) is 3.22. The normalized spacial score (nSPS) is 11.4. The molecular formula is C27H30N4O5S. The summed E-state index contributed by atoms with van der Waals surface area (Å²) in [5, 5.41) is 6.71. The molecule has 37 heavy (non-hydrogen) atoms. The van der Waals surface area contributed by atoms with Crippen molar-refractivity contribution in [3.63, 3.8) is 0 Å². The zero-order valence-corrected chi connectivity index (χ0v) is 22.0. The van der Waals surface area contributed by atoms with Crippen molar-refractivity contribution < 1.29 is 22.7 Å². The highest BCUT2D eigenvalue weighted by molar-refractivity contribution is 7.92. The van der Waals surface area contributed by atoms with Gasteiger partial charge in [-0.05, 0) is 87.0 Å². The average molecular weight is 523 g/mol. The highest BCUT2D eigenvalue weighted by atomic mass is 32.2. The number of nitrogens with zero attached hydrogens (tertiary/aromatic N) is 2. The number of benzene rings is 3. The first-order valence-electron chi connectivity index (χ1n) is 11.6. The van der Waals surface area contributed by atoms with Crippen LogP contribution in [0.5, 0.6) is 5.75 Å². The van der Waals surface area contributed by atoms with E-state index in [-0.39, 0.29) is 23.5 Å². The van der Waals surface area contributed by atoms with E-state index < -0.39 is 15.9 Å². The first-order chi connectivity index (χ1) is 17.6. The molecule has 2 N–H and O–H groups in total. The molecule has 0 spiro atoms. The first-order valence-corrected chi connectivity index (χ1v) is 13.0. The number of carbonyl (C=O) groups is 2. The molecule has 10 heteroatoms. The van der Waals surface area contributed by atoms with Crippen molar-refractivity contribution in [2.45, 2.75) is 31.7 Å². The van der Waals surface area contributed by atoms with Gasteiger partial charge in [-0.1, -0.05) is 17.7 Å². The van der Waals surface area contributed by atoms with Gasteiger partial charge in [0, 0.05) is 18.7 Å². The van der Waals surface area contributed by atoms with Crippen molar-refractivity contribution in [1.82, 2.24) is 10.7 Å². The number of carbonyl (C=O) groups excluding carboxylic acids is 2. The molecule has 9 nitrogen and oxygen atoms in total. The van der Waals surface area contributed by atoms with Gasteiger partial charge in [0.15, 0.2) is 6.61 Å². The minimum atomic E-state index is -3.72. The van der Waals surface area contributed by atoms with Gasteiger partial charge in [-0.25, -0.2) is 13.8 Å². The molecule has 0 aliphatic heterocycles. The van der Waals surface area contributed by atoms with Gasteiger partial charge in [-0.2, -0.15) is 5.10 Å². The smallest absolute Gasteiger partial charge is 0.271 e. The summed E-state index contributed by atoms with van der Waals surface area (Å²) in [7, 11) is -2.26. The molecule has 0 aromatic heterocycles. The van der Waals surface area contributed by atoms with Crippen LogP contribution in [0, 0.1) is 6.92 Å². The average Bonchev–Trinajstić information content (AvgIpc) is 2.87. The van der Waals surface area contributed by atoms with Gasteiger partial charge in [0.25, 0.3) is 21.8 Å². The molecule has 3 rings (SSSR count). The number of hydrogen-bond donors (Lipinski definition) is 2. The highest BCUT2D eigenvalue weighted by Gasteiger charge is 2.21. The zero-order chi connectivity index (χ0) is 27.0. The maximum absolute atomic E-state index is 12.9. The van der Waals surface area contributed by atoms with Crippen molar-refractivity contribution in [3.05, 3.63) is 89.5 Å². The van der Waals surface area contributed by atoms with Crippen LogP contribution in [0.1, 0.15) is 35.3 Å². The van der Waals surface area contributed by atoms with Crippen LogP contribution in [0.2, 0.25) is 0 Å². The Balaban J connectivity index is 1.55. The molecule has 0 saturated heterocycles. The highest BCUT2D eigenvalue weighted by Crippen LogP contribution is 2.22. The van der Waals surface area contributed by atoms with Crippen molar-refractivity contribution in [2.24, 2.45) is 5.10 Å². The quantitative estimate of drug-likeness (QED) is 0.312. The Morgan fingerprint density at radius 2 is 1.59 bits per heavy atom. The topological polar surface area (TPSA) is 117 Å². The molecule has 194 valence electrons. The lowest BCUT2D eigenvalue weighted by molar-refractivity contribution is -0.123. The molecule has 2 amide bonds. The standard InChI is InChI=1S/C27H30N4O5S/c1-19(2)29-26(32)18-36-24-13-7-21(8-14-24)17-28-30-27(33)22-9-11-23(12-10-22)31(4)37(34,35)25-15-5-20(3)6-16-25/h5-17,19H,18H2,1-4H3,(H,29,32)(H,30,33)/b28-17-. The minimum absolute atomic E-state index is 0.0457. The number of aryl methyl sites for hydroxylation is 1. The maximum atomic E-state index is 12.9. The minimum Gasteiger partial charge on any atom is -0.484 e. The zero-order valence-electron chi connectivity index (χ0n) is 21.1. The molecule has 0 atom stereocenters. The molecule has 3 aromatic rings. The largest absolute Gasteiger partial charge is 0.484 e. The predicted molar refractivity (Wildman–Crippen MR) is 143 cm³/mol. The van der Waals surface area contributed by atoms with E-state index in [0.717, 1.165) is 11.1 Å². The Bertz CT molecular complexity index is 1350. The maximum Gasteiger partial charge on any atom is 0.271 e. The molecule has 0 saturated carbocycles. The first kappa shape index (κ1) is 27.4. The van der Waals surface area contributed by atoms with E-state index in [1.165, 1.54) is 29.7 Å². The van der Waals surface area contributed by atoms with E-state index in [2.05, 4.69) is 15.8 Å². The van der Waals surface area contributed by atoms with Gasteiger partial charge < -0.3 is 10.1 Å². The van der Waals surface area contributed by atoms with Crippen LogP contribution in [0.3, 0.4) is 0 Å². The van der Waals surface area contributed by atoms with Crippen molar-refractivity contribution in [2.75, 3.05) is 18.0 Å². The third-order valence-electron chi connectivity index (χ3n) is 5.25. The monoisotopic (exact) mass is 522 g/mol. The lowest BCUT2D eigenvalue weighted by Crippen LogP contribution is -2.34. The van der Waals surface area contributed by atoms with Crippen LogP contribution < -0.4 is 19.8 Å². The van der Waals surface area contributed by atoms with Crippen molar-refractivity contribution in [3.8, 4) is 5.75 Å². The van der Waals surface area contributed by atoms with Gasteiger partial charge in [-0.3, -0.25) is 13.9 Å². The second kappa shape index (κ2) is 12.2. The van der Waals surface area contributed by atoms with E-state index in [1.54, 1.807) is 60.7 Å². The number of amides is 2. The SMILES string of the molecule is Cc1ccc(S(=O)(=O)N(C)c2ccc(C(=O)N/N=C\c3ccc(OCC(=O)NC(C)C)cc3)cc2)cc1. The number of nitrogens with one attached hydrogen (secondary N) is 2. The number of rotatable bonds is 10. The fraction of sp³-hybridized carbons (Fsp3) is 0.222. The van der Waals surface area contributed by atoms with Gasteiger partial charge in [0.1, 0.15) is 5.75 Å². The van der Waals surface area contributed by atoms with Crippen LogP contribution >= 0.6 is 0 Å². The van der Waals surface area contributed by atoms with Crippen molar-refractivity contribution in [1.29, 1.82) is 0 Å². The summed E-state index contributed by atoms with van der Waals surface area (Å²) in [6, 6.07) is 19.7. The predicted octanol–water partition coefficient (Wildman–Crippen LogP) is 3.49. The van der Waals surface area contributed by atoms with E-state index in [9.17, 15) is 18.0 Å². The Kier molecular flexibility index (Phi) is 9.02. The number of hydrazone groups is 1. The molecule has 0 heterocycles. The van der Waals surface area contributed by atoms with Crippen molar-refractivity contribution >= 4 is 33.7 Å². The molecule has 0 bridgehead atoms. The third-order valence-corrected chi connectivity index (χ3v) is 7.05. The fourth-order valence-corrected chi connectivity index (χ4v) is 4.42. The number of sulfonamides is 1. The van der Waals surface area contributed by atoms with E-state index in [1.807, 2.05) is 20.8 Å². The number of anilines is 1. The summed E-state index contributed by atoms with van der Waals surface area (Å²) < 4.78 is 32.3. The Morgan fingerprint density at radius 3 is 2.19 bits per heavy atom. The van der Waals surface area contributed by atoms with Gasteiger partial charge in [0.2, 0.25) is 0 Å². The molecule has 0 fully saturated rings. The summed E-state index contributed by atoms with van der Waals surface area (Å²) in [6.07, 6.45) is 1.48. The summed E-state index contributed by atoms with van der Waals surface area (Å²) in [5.41, 5.74) is 4.88. The van der Waals surface area contributed by atoms with Crippen LogP contribution in [-0.2, 0) is 14.8 Å². The second-order valence-corrected chi connectivity index (χ2v) is 10.6.